The second-order valence-corrected chi connectivity index (χ2v) is 4.64. The quantitative estimate of drug-likeness (QED) is 0.891. The number of carbonyl (C=O) groups is 1. The fourth-order valence-electron chi connectivity index (χ4n) is 1.87. The summed E-state index contributed by atoms with van der Waals surface area (Å²) in [6, 6.07) is 0. The van der Waals surface area contributed by atoms with Crippen LogP contribution >= 0.6 is 23.2 Å². The van der Waals surface area contributed by atoms with E-state index >= 15 is 0 Å². The van der Waals surface area contributed by atoms with Crippen LogP contribution in [0, 0.1) is 0 Å². The van der Waals surface area contributed by atoms with Crippen LogP contribution in [0.4, 0.5) is 0 Å². The fraction of sp³-hybridized carbons (Fsp3) is 0.400. The zero-order chi connectivity index (χ0) is 11.1. The molecule has 1 N–H and O–H groups in total. The van der Waals surface area contributed by atoms with Gasteiger partial charge in [0.05, 0.1) is 16.5 Å². The van der Waals surface area contributed by atoms with Crippen molar-refractivity contribution in [1.29, 1.82) is 0 Å². The SMILES string of the molecule is O=C(O)CC1(c2c(Cl)cncc2Cl)CC1. The molecule has 1 aliphatic carbocycles. The average molecular weight is 246 g/mol. The van der Waals surface area contributed by atoms with E-state index in [4.69, 9.17) is 28.3 Å². The summed E-state index contributed by atoms with van der Waals surface area (Å²) in [5.41, 5.74) is 0.381. The molecule has 80 valence electrons. The van der Waals surface area contributed by atoms with Gasteiger partial charge in [-0.1, -0.05) is 23.2 Å². The highest BCUT2D eigenvalue weighted by molar-refractivity contribution is 6.36. The summed E-state index contributed by atoms with van der Waals surface area (Å²) in [6.07, 6.45) is 4.73. The van der Waals surface area contributed by atoms with E-state index in [9.17, 15) is 4.79 Å². The van der Waals surface area contributed by atoms with Crippen LogP contribution in [-0.4, -0.2) is 16.1 Å². The molecule has 0 saturated heterocycles. The molecule has 0 radical (unpaired) electrons. The molecule has 0 bridgehead atoms. The number of carboxylic acids is 1. The molecule has 1 aromatic rings. The second kappa shape index (κ2) is 3.65. The molecule has 15 heavy (non-hydrogen) atoms. The lowest BCUT2D eigenvalue weighted by Crippen LogP contribution is -2.14. The van der Waals surface area contributed by atoms with Gasteiger partial charge < -0.3 is 5.11 Å². The molecule has 0 aromatic carbocycles. The van der Waals surface area contributed by atoms with E-state index in [1.54, 1.807) is 0 Å². The minimum atomic E-state index is -0.823. The lowest BCUT2D eigenvalue weighted by atomic mass is 9.93. The largest absolute Gasteiger partial charge is 0.481 e. The van der Waals surface area contributed by atoms with E-state index in [-0.39, 0.29) is 11.8 Å². The predicted octanol–water partition coefficient (Wildman–Crippen LogP) is 2.89. The van der Waals surface area contributed by atoms with Crippen LogP contribution in [0.1, 0.15) is 24.8 Å². The molecule has 0 aliphatic heterocycles. The Labute approximate surface area is 97.0 Å². The summed E-state index contributed by atoms with van der Waals surface area (Å²) in [5.74, 6) is -0.823. The van der Waals surface area contributed by atoms with Gasteiger partial charge in [0.25, 0.3) is 0 Å². The Morgan fingerprint density at radius 3 is 2.33 bits per heavy atom. The van der Waals surface area contributed by atoms with Gasteiger partial charge in [-0.15, -0.1) is 0 Å². The third-order valence-electron chi connectivity index (χ3n) is 2.73. The van der Waals surface area contributed by atoms with Crippen LogP contribution in [-0.2, 0) is 10.2 Å². The molecule has 1 heterocycles. The molecule has 0 unspecified atom stereocenters. The van der Waals surface area contributed by atoms with Gasteiger partial charge in [-0.05, 0) is 18.4 Å². The first-order chi connectivity index (χ1) is 7.05. The van der Waals surface area contributed by atoms with Crippen molar-refractivity contribution < 1.29 is 9.90 Å². The van der Waals surface area contributed by atoms with Crippen LogP contribution in [0.25, 0.3) is 0 Å². The Morgan fingerprint density at radius 2 is 1.93 bits per heavy atom. The minimum Gasteiger partial charge on any atom is -0.481 e. The van der Waals surface area contributed by atoms with Crippen LogP contribution in [0.2, 0.25) is 10.0 Å². The Bertz CT molecular complexity index is 396. The highest BCUT2D eigenvalue weighted by Gasteiger charge is 2.48. The predicted molar refractivity (Wildman–Crippen MR) is 57.4 cm³/mol. The van der Waals surface area contributed by atoms with Crippen LogP contribution in [0.3, 0.4) is 0 Å². The summed E-state index contributed by atoms with van der Waals surface area (Å²) >= 11 is 12.0. The molecule has 2 rings (SSSR count). The molecular weight excluding hydrogens is 237 g/mol. The third kappa shape index (κ3) is 1.94. The monoisotopic (exact) mass is 245 g/mol. The van der Waals surface area contributed by atoms with Crippen molar-refractivity contribution in [3.8, 4) is 0 Å². The van der Waals surface area contributed by atoms with E-state index in [1.807, 2.05) is 0 Å². The highest BCUT2D eigenvalue weighted by atomic mass is 35.5. The second-order valence-electron chi connectivity index (χ2n) is 3.83. The lowest BCUT2D eigenvalue weighted by Gasteiger charge is -2.15. The first-order valence-corrected chi connectivity index (χ1v) is 5.32. The summed E-state index contributed by atoms with van der Waals surface area (Å²) in [6.45, 7) is 0. The molecular formula is C10H9Cl2NO2. The molecule has 1 fully saturated rings. The number of hydrogen-bond acceptors (Lipinski definition) is 2. The average Bonchev–Trinajstić information content (AvgIpc) is 2.83. The van der Waals surface area contributed by atoms with Gasteiger partial charge in [0.1, 0.15) is 0 Å². The molecule has 3 nitrogen and oxygen atoms in total. The smallest absolute Gasteiger partial charge is 0.304 e. The summed E-state index contributed by atoms with van der Waals surface area (Å²) in [5, 5.41) is 9.75. The van der Waals surface area contributed by atoms with Crippen molar-refractivity contribution in [3.63, 3.8) is 0 Å². The number of aromatic nitrogens is 1. The van der Waals surface area contributed by atoms with E-state index in [0.717, 1.165) is 18.4 Å². The van der Waals surface area contributed by atoms with Crippen molar-refractivity contribution in [3.05, 3.63) is 28.0 Å². The maximum Gasteiger partial charge on any atom is 0.304 e. The van der Waals surface area contributed by atoms with E-state index in [1.165, 1.54) is 12.4 Å². The molecule has 0 amide bonds. The zero-order valence-corrected chi connectivity index (χ0v) is 9.35. The van der Waals surface area contributed by atoms with Crippen LogP contribution in [0.15, 0.2) is 12.4 Å². The number of hydrogen-bond donors (Lipinski definition) is 1. The fourth-order valence-corrected chi connectivity index (χ4v) is 2.64. The van der Waals surface area contributed by atoms with Gasteiger partial charge >= 0.3 is 5.97 Å². The number of aliphatic carboxylic acids is 1. The van der Waals surface area contributed by atoms with Gasteiger partial charge in [-0.25, -0.2) is 0 Å². The molecule has 5 heteroatoms. The van der Waals surface area contributed by atoms with Crippen LogP contribution in [0.5, 0.6) is 0 Å². The van der Waals surface area contributed by atoms with Crippen LogP contribution < -0.4 is 0 Å². The molecule has 1 aromatic heterocycles. The minimum absolute atomic E-state index is 0.0798. The van der Waals surface area contributed by atoms with Crippen molar-refractivity contribution in [2.45, 2.75) is 24.7 Å². The summed E-state index contributed by atoms with van der Waals surface area (Å²) in [7, 11) is 0. The number of carboxylic acid groups (broad SMARTS) is 1. The van der Waals surface area contributed by atoms with Gasteiger partial charge in [0.2, 0.25) is 0 Å². The van der Waals surface area contributed by atoms with Gasteiger partial charge in [0, 0.05) is 17.8 Å². The molecule has 1 aliphatic rings. The van der Waals surface area contributed by atoms with Crippen molar-refractivity contribution in [2.24, 2.45) is 0 Å². The first kappa shape index (κ1) is 10.7. The standard InChI is InChI=1S/C10H9Cl2NO2/c11-6-4-13-5-7(12)9(6)10(1-2-10)3-8(14)15/h4-5H,1-3H2,(H,14,15). The van der Waals surface area contributed by atoms with Crippen molar-refractivity contribution in [2.75, 3.05) is 0 Å². The molecule has 0 spiro atoms. The Kier molecular flexibility index (Phi) is 2.61. The Morgan fingerprint density at radius 1 is 1.40 bits per heavy atom. The van der Waals surface area contributed by atoms with Gasteiger partial charge in [0.15, 0.2) is 0 Å². The lowest BCUT2D eigenvalue weighted by molar-refractivity contribution is -0.137. The molecule has 1 saturated carbocycles. The maximum atomic E-state index is 10.7. The third-order valence-corrected chi connectivity index (χ3v) is 3.30. The van der Waals surface area contributed by atoms with E-state index < -0.39 is 5.97 Å². The summed E-state index contributed by atoms with van der Waals surface area (Å²) in [4.78, 5) is 14.6. The van der Waals surface area contributed by atoms with Gasteiger partial charge in [-0.2, -0.15) is 0 Å². The number of rotatable bonds is 3. The highest BCUT2D eigenvalue weighted by Crippen LogP contribution is 2.54. The number of nitrogens with zero attached hydrogens (tertiary/aromatic N) is 1. The normalized spacial score (nSPS) is 17.5. The van der Waals surface area contributed by atoms with Crippen molar-refractivity contribution in [1.82, 2.24) is 4.98 Å². The Hall–Kier alpha value is -0.800. The summed E-state index contributed by atoms with van der Waals surface area (Å²) < 4.78 is 0. The van der Waals surface area contributed by atoms with Crippen molar-refractivity contribution >= 4 is 29.2 Å². The number of halogens is 2. The zero-order valence-electron chi connectivity index (χ0n) is 7.83. The number of pyridine rings is 1. The molecule has 0 atom stereocenters. The Balaban J connectivity index is 2.41. The van der Waals surface area contributed by atoms with Gasteiger partial charge in [-0.3, -0.25) is 9.78 Å². The van der Waals surface area contributed by atoms with E-state index in [2.05, 4.69) is 4.98 Å². The topological polar surface area (TPSA) is 50.2 Å². The maximum absolute atomic E-state index is 10.7. The first-order valence-electron chi connectivity index (χ1n) is 4.56. The van der Waals surface area contributed by atoms with E-state index in [0.29, 0.717) is 10.0 Å².